The Morgan fingerprint density at radius 3 is 2.76 bits per heavy atom. The summed E-state index contributed by atoms with van der Waals surface area (Å²) in [4.78, 5) is 23.7. The summed E-state index contributed by atoms with van der Waals surface area (Å²) in [6.45, 7) is 3.20. The standard InChI is InChI=1S/C18H20FN3O3/c1-10(18(24)25)11(2)20-17(23)16-14-7-4-8-15(14)22(21-16)13-6-3-5-12(19)9-13/h3,5-6,9-11H,4,7-8H2,1-2H3,(H,20,23)(H,24,25). The molecule has 2 aromatic rings. The first-order chi connectivity index (χ1) is 11.9. The Balaban J connectivity index is 1.92. The van der Waals surface area contributed by atoms with Crippen molar-refractivity contribution >= 4 is 11.9 Å². The van der Waals surface area contributed by atoms with Gasteiger partial charge in [-0.15, -0.1) is 0 Å². The number of fused-ring (bicyclic) bond motifs is 1. The van der Waals surface area contributed by atoms with Crippen molar-refractivity contribution in [1.29, 1.82) is 0 Å². The van der Waals surface area contributed by atoms with Crippen LogP contribution in [0.15, 0.2) is 24.3 Å². The molecule has 0 aliphatic heterocycles. The summed E-state index contributed by atoms with van der Waals surface area (Å²) in [5.41, 5.74) is 2.64. The predicted octanol–water partition coefficient (Wildman–Crippen LogP) is 2.34. The monoisotopic (exact) mass is 345 g/mol. The van der Waals surface area contributed by atoms with Crippen molar-refractivity contribution in [2.75, 3.05) is 0 Å². The lowest BCUT2D eigenvalue weighted by Crippen LogP contribution is -2.40. The predicted molar refractivity (Wildman–Crippen MR) is 89.3 cm³/mol. The highest BCUT2D eigenvalue weighted by Gasteiger charge is 2.29. The summed E-state index contributed by atoms with van der Waals surface area (Å²) in [6, 6.07) is 5.55. The van der Waals surface area contributed by atoms with Crippen LogP contribution in [0.2, 0.25) is 0 Å². The molecule has 0 bridgehead atoms. The van der Waals surface area contributed by atoms with E-state index in [1.807, 2.05) is 0 Å². The molecule has 2 N–H and O–H groups in total. The average molecular weight is 345 g/mol. The van der Waals surface area contributed by atoms with Gasteiger partial charge in [-0.1, -0.05) is 6.07 Å². The minimum atomic E-state index is -0.969. The molecule has 1 aliphatic rings. The van der Waals surface area contributed by atoms with Crippen LogP contribution in [-0.4, -0.2) is 32.8 Å². The van der Waals surface area contributed by atoms with E-state index in [0.717, 1.165) is 30.5 Å². The van der Waals surface area contributed by atoms with Gasteiger partial charge in [0.05, 0.1) is 11.6 Å². The zero-order valence-electron chi connectivity index (χ0n) is 14.1. The number of amides is 1. The van der Waals surface area contributed by atoms with E-state index in [4.69, 9.17) is 5.11 Å². The number of halogens is 1. The first kappa shape index (κ1) is 17.1. The van der Waals surface area contributed by atoms with E-state index >= 15 is 0 Å². The summed E-state index contributed by atoms with van der Waals surface area (Å²) in [6.07, 6.45) is 2.41. The van der Waals surface area contributed by atoms with Crippen LogP contribution in [0.5, 0.6) is 0 Å². The van der Waals surface area contributed by atoms with Crippen molar-refractivity contribution in [1.82, 2.24) is 15.1 Å². The Hall–Kier alpha value is -2.70. The van der Waals surface area contributed by atoms with Crippen molar-refractivity contribution in [3.05, 3.63) is 47.0 Å². The van der Waals surface area contributed by atoms with Crippen LogP contribution in [-0.2, 0) is 17.6 Å². The van der Waals surface area contributed by atoms with E-state index in [2.05, 4.69) is 10.4 Å². The SMILES string of the molecule is CC(NC(=O)c1nn(-c2cccc(F)c2)c2c1CCC2)C(C)C(=O)O. The number of aromatic nitrogens is 2. The van der Waals surface area contributed by atoms with Crippen LogP contribution in [0.3, 0.4) is 0 Å². The summed E-state index contributed by atoms with van der Waals surface area (Å²) in [5, 5.41) is 16.2. The molecule has 1 amide bonds. The first-order valence-electron chi connectivity index (χ1n) is 8.29. The number of benzene rings is 1. The molecule has 25 heavy (non-hydrogen) atoms. The number of hydrogen-bond acceptors (Lipinski definition) is 3. The highest BCUT2D eigenvalue weighted by atomic mass is 19.1. The second kappa shape index (κ2) is 6.66. The average Bonchev–Trinajstić information content (AvgIpc) is 3.15. The lowest BCUT2D eigenvalue weighted by molar-refractivity contribution is -0.141. The van der Waals surface area contributed by atoms with Crippen molar-refractivity contribution in [2.45, 2.75) is 39.2 Å². The number of nitrogens with one attached hydrogen (secondary N) is 1. The van der Waals surface area contributed by atoms with Crippen molar-refractivity contribution in [2.24, 2.45) is 5.92 Å². The molecule has 132 valence electrons. The molecule has 7 heteroatoms. The van der Waals surface area contributed by atoms with Gasteiger partial charge in [0.2, 0.25) is 0 Å². The molecule has 0 saturated carbocycles. The minimum Gasteiger partial charge on any atom is -0.481 e. The first-order valence-corrected chi connectivity index (χ1v) is 8.29. The Kier molecular flexibility index (Phi) is 4.57. The van der Waals surface area contributed by atoms with Gasteiger partial charge in [-0.05, 0) is 51.3 Å². The van der Waals surface area contributed by atoms with Crippen LogP contribution < -0.4 is 5.32 Å². The molecule has 6 nitrogen and oxygen atoms in total. The molecule has 2 atom stereocenters. The third-order valence-corrected chi connectivity index (χ3v) is 4.70. The number of carboxylic acid groups (broad SMARTS) is 1. The van der Waals surface area contributed by atoms with Crippen LogP contribution >= 0.6 is 0 Å². The zero-order valence-corrected chi connectivity index (χ0v) is 14.1. The van der Waals surface area contributed by atoms with Gasteiger partial charge in [-0.3, -0.25) is 9.59 Å². The molecule has 0 saturated heterocycles. The maximum Gasteiger partial charge on any atom is 0.308 e. The van der Waals surface area contributed by atoms with Gasteiger partial charge in [0, 0.05) is 17.3 Å². The van der Waals surface area contributed by atoms with Crippen LogP contribution in [0.1, 0.15) is 42.0 Å². The molecule has 1 heterocycles. The maximum absolute atomic E-state index is 13.5. The third kappa shape index (κ3) is 3.26. The second-order valence-corrected chi connectivity index (χ2v) is 6.41. The topological polar surface area (TPSA) is 84.2 Å². The fraction of sp³-hybridized carbons (Fsp3) is 0.389. The maximum atomic E-state index is 13.5. The molecule has 1 aliphatic carbocycles. The van der Waals surface area contributed by atoms with Crippen LogP contribution in [0.25, 0.3) is 5.69 Å². The normalized spacial score (nSPS) is 15.5. The zero-order chi connectivity index (χ0) is 18.1. The van der Waals surface area contributed by atoms with Gasteiger partial charge in [0.25, 0.3) is 5.91 Å². The fourth-order valence-corrected chi connectivity index (χ4v) is 3.06. The van der Waals surface area contributed by atoms with Crippen LogP contribution in [0, 0.1) is 11.7 Å². The number of carbonyl (C=O) groups excluding carboxylic acids is 1. The quantitative estimate of drug-likeness (QED) is 0.871. The molecule has 0 fully saturated rings. The van der Waals surface area contributed by atoms with E-state index < -0.39 is 23.8 Å². The third-order valence-electron chi connectivity index (χ3n) is 4.70. The van der Waals surface area contributed by atoms with E-state index in [9.17, 15) is 14.0 Å². The number of rotatable bonds is 5. The second-order valence-electron chi connectivity index (χ2n) is 6.41. The van der Waals surface area contributed by atoms with Gasteiger partial charge in [0.15, 0.2) is 5.69 Å². The number of aliphatic carboxylic acids is 1. The highest BCUT2D eigenvalue weighted by Crippen LogP contribution is 2.28. The number of carbonyl (C=O) groups is 2. The molecule has 0 spiro atoms. The molecule has 1 aromatic heterocycles. The summed E-state index contributed by atoms with van der Waals surface area (Å²) in [5.74, 6) is -2.44. The van der Waals surface area contributed by atoms with Gasteiger partial charge in [0.1, 0.15) is 5.82 Å². The van der Waals surface area contributed by atoms with E-state index in [1.54, 1.807) is 30.7 Å². The smallest absolute Gasteiger partial charge is 0.308 e. The van der Waals surface area contributed by atoms with E-state index in [1.165, 1.54) is 12.1 Å². The van der Waals surface area contributed by atoms with Gasteiger partial charge < -0.3 is 10.4 Å². The molecule has 3 rings (SSSR count). The van der Waals surface area contributed by atoms with Crippen molar-refractivity contribution in [3.63, 3.8) is 0 Å². The van der Waals surface area contributed by atoms with Gasteiger partial charge in [-0.2, -0.15) is 5.10 Å². The van der Waals surface area contributed by atoms with Gasteiger partial charge >= 0.3 is 5.97 Å². The molecular weight excluding hydrogens is 325 g/mol. The Morgan fingerprint density at radius 1 is 1.32 bits per heavy atom. The number of carboxylic acids is 1. The molecule has 0 radical (unpaired) electrons. The van der Waals surface area contributed by atoms with E-state index in [0.29, 0.717) is 11.4 Å². The lowest BCUT2D eigenvalue weighted by atomic mass is 10.0. The Labute approximate surface area is 144 Å². The fourth-order valence-electron chi connectivity index (χ4n) is 3.06. The Morgan fingerprint density at radius 2 is 2.08 bits per heavy atom. The largest absolute Gasteiger partial charge is 0.481 e. The van der Waals surface area contributed by atoms with Crippen LogP contribution in [0.4, 0.5) is 4.39 Å². The van der Waals surface area contributed by atoms with Crippen molar-refractivity contribution in [3.8, 4) is 5.69 Å². The highest BCUT2D eigenvalue weighted by molar-refractivity contribution is 5.94. The van der Waals surface area contributed by atoms with Crippen molar-refractivity contribution < 1.29 is 19.1 Å². The number of nitrogens with zero attached hydrogens (tertiary/aromatic N) is 2. The Bertz CT molecular complexity index is 831. The molecular formula is C18H20FN3O3. The minimum absolute atomic E-state index is 0.293. The molecule has 2 unspecified atom stereocenters. The summed E-state index contributed by atoms with van der Waals surface area (Å²) in [7, 11) is 0. The summed E-state index contributed by atoms with van der Waals surface area (Å²) >= 11 is 0. The van der Waals surface area contributed by atoms with Gasteiger partial charge in [-0.25, -0.2) is 9.07 Å². The molecule has 1 aromatic carbocycles. The van der Waals surface area contributed by atoms with E-state index in [-0.39, 0.29) is 5.82 Å². The lowest BCUT2D eigenvalue weighted by Gasteiger charge is -2.17. The number of hydrogen-bond donors (Lipinski definition) is 2. The summed E-state index contributed by atoms with van der Waals surface area (Å²) < 4.78 is 15.1.